The van der Waals surface area contributed by atoms with Gasteiger partial charge in [-0.25, -0.2) is 10.2 Å². The van der Waals surface area contributed by atoms with E-state index in [2.05, 4.69) is 10.5 Å². The third kappa shape index (κ3) is 4.96. The summed E-state index contributed by atoms with van der Waals surface area (Å²) < 4.78 is 5.60. The topological polar surface area (TPSA) is 108 Å². The van der Waals surface area contributed by atoms with E-state index in [1.165, 1.54) is 36.5 Å². The number of hydrazone groups is 1. The molecule has 0 fully saturated rings. The second-order valence-electron chi connectivity index (χ2n) is 7.11. The number of hydrogen-bond donors (Lipinski definition) is 3. The Bertz CT molecular complexity index is 1450. The van der Waals surface area contributed by atoms with Crippen LogP contribution < -0.4 is 10.2 Å². The van der Waals surface area contributed by atoms with Crippen LogP contribution in [0, 0.1) is 0 Å². The Labute approximate surface area is 203 Å². The van der Waals surface area contributed by atoms with E-state index < -0.39 is 17.6 Å². The first-order chi connectivity index (χ1) is 16.3. The van der Waals surface area contributed by atoms with Gasteiger partial charge in [0.1, 0.15) is 17.2 Å². The number of hydrogen-bond acceptors (Lipinski definition) is 6. The second-order valence-corrected chi connectivity index (χ2v) is 7.96. The van der Waals surface area contributed by atoms with Crippen LogP contribution in [0.3, 0.4) is 0 Å². The number of phenolic OH excluding ortho intramolecular Hbond substituents is 2. The quantitative estimate of drug-likeness (QED) is 0.146. The lowest BCUT2D eigenvalue weighted by Gasteiger charge is -2.11. The Kier molecular flexibility index (Phi) is 6.67. The zero-order valence-corrected chi connectivity index (χ0v) is 18.8. The van der Waals surface area contributed by atoms with Gasteiger partial charge in [-0.2, -0.15) is 5.10 Å². The minimum Gasteiger partial charge on any atom is -0.508 e. The molecule has 170 valence electrons. The molecule has 0 saturated heterocycles. The molecular weight excluding hydrogens is 479 g/mol. The van der Waals surface area contributed by atoms with Gasteiger partial charge in [0.15, 0.2) is 0 Å². The summed E-state index contributed by atoms with van der Waals surface area (Å²) >= 11 is 12.0. The standard InChI is InChI=1S/C25H16Cl2N2O5/c26-15-6-8-18(21(27)11-15)25(33)34-23-10-5-14-3-1-2-4-17(14)20(23)13-28-29-24(32)19-9-7-16(30)12-22(19)31/h1-13,30-31H,(H,29,32)/b28-13-. The molecule has 7 nitrogen and oxygen atoms in total. The maximum absolute atomic E-state index is 12.8. The number of esters is 1. The van der Waals surface area contributed by atoms with E-state index in [0.717, 1.165) is 16.8 Å². The van der Waals surface area contributed by atoms with Gasteiger partial charge in [0.2, 0.25) is 0 Å². The first kappa shape index (κ1) is 23.1. The van der Waals surface area contributed by atoms with Gasteiger partial charge in [-0.15, -0.1) is 0 Å². The summed E-state index contributed by atoms with van der Waals surface area (Å²) in [5, 5.41) is 25.3. The number of phenols is 2. The first-order valence-corrected chi connectivity index (χ1v) is 10.6. The molecule has 4 aromatic carbocycles. The number of nitrogens with one attached hydrogen (secondary N) is 1. The summed E-state index contributed by atoms with van der Waals surface area (Å²) in [6.45, 7) is 0. The number of carbonyl (C=O) groups excluding carboxylic acids is 2. The highest BCUT2D eigenvalue weighted by molar-refractivity contribution is 6.36. The van der Waals surface area contributed by atoms with Gasteiger partial charge in [0, 0.05) is 16.7 Å². The average Bonchev–Trinajstić information content (AvgIpc) is 2.80. The second kappa shape index (κ2) is 9.82. The van der Waals surface area contributed by atoms with Crippen LogP contribution in [-0.2, 0) is 0 Å². The van der Waals surface area contributed by atoms with Crippen LogP contribution in [0.15, 0.2) is 77.9 Å². The molecule has 0 bridgehead atoms. The molecule has 0 aliphatic carbocycles. The van der Waals surface area contributed by atoms with Crippen molar-refractivity contribution in [2.45, 2.75) is 0 Å². The molecule has 0 heterocycles. The summed E-state index contributed by atoms with van der Waals surface area (Å²) in [4.78, 5) is 25.1. The lowest BCUT2D eigenvalue weighted by Crippen LogP contribution is -2.18. The molecule has 3 N–H and O–H groups in total. The molecule has 4 aromatic rings. The summed E-state index contributed by atoms with van der Waals surface area (Å²) in [5.41, 5.74) is 2.81. The van der Waals surface area contributed by atoms with Crippen LogP contribution in [0.4, 0.5) is 0 Å². The average molecular weight is 495 g/mol. The van der Waals surface area contributed by atoms with Crippen LogP contribution >= 0.6 is 23.2 Å². The molecule has 34 heavy (non-hydrogen) atoms. The van der Waals surface area contributed by atoms with E-state index in [9.17, 15) is 19.8 Å². The van der Waals surface area contributed by atoms with Crippen molar-refractivity contribution < 1.29 is 24.5 Å². The fourth-order valence-corrected chi connectivity index (χ4v) is 3.72. The van der Waals surface area contributed by atoms with E-state index in [1.54, 1.807) is 12.1 Å². The van der Waals surface area contributed by atoms with Gasteiger partial charge in [0.25, 0.3) is 5.91 Å². The smallest absolute Gasteiger partial charge is 0.345 e. The molecular formula is C25H16Cl2N2O5. The molecule has 0 aliphatic rings. The largest absolute Gasteiger partial charge is 0.508 e. The van der Waals surface area contributed by atoms with Crippen molar-refractivity contribution in [2.75, 3.05) is 0 Å². The molecule has 1 amide bonds. The van der Waals surface area contributed by atoms with Crippen LogP contribution in [0.2, 0.25) is 10.0 Å². The van der Waals surface area contributed by atoms with Gasteiger partial charge in [-0.05, 0) is 47.2 Å². The number of aromatic hydroxyl groups is 2. The number of halogens is 2. The minimum atomic E-state index is -0.694. The number of carbonyl (C=O) groups is 2. The molecule has 0 radical (unpaired) electrons. The fraction of sp³-hybridized carbons (Fsp3) is 0. The predicted molar refractivity (Wildman–Crippen MR) is 130 cm³/mol. The number of amides is 1. The Morgan fingerprint density at radius 1 is 0.912 bits per heavy atom. The van der Waals surface area contributed by atoms with Crippen molar-refractivity contribution in [3.05, 3.63) is 99.5 Å². The molecule has 0 saturated carbocycles. The Hall–Kier alpha value is -4.07. The van der Waals surface area contributed by atoms with Crippen molar-refractivity contribution in [1.82, 2.24) is 5.43 Å². The van der Waals surface area contributed by atoms with Crippen molar-refractivity contribution >= 4 is 52.1 Å². The highest BCUT2D eigenvalue weighted by Gasteiger charge is 2.17. The number of ether oxygens (including phenoxy) is 1. The summed E-state index contributed by atoms with van der Waals surface area (Å²) in [6.07, 6.45) is 1.34. The van der Waals surface area contributed by atoms with E-state index in [0.29, 0.717) is 10.6 Å². The maximum atomic E-state index is 12.8. The lowest BCUT2D eigenvalue weighted by molar-refractivity contribution is 0.0734. The first-order valence-electron chi connectivity index (χ1n) is 9.88. The van der Waals surface area contributed by atoms with Gasteiger partial charge < -0.3 is 14.9 Å². The highest BCUT2D eigenvalue weighted by Crippen LogP contribution is 2.29. The van der Waals surface area contributed by atoms with Gasteiger partial charge >= 0.3 is 5.97 Å². The van der Waals surface area contributed by atoms with Crippen molar-refractivity contribution in [3.8, 4) is 17.2 Å². The highest BCUT2D eigenvalue weighted by atomic mass is 35.5. The normalized spacial score (nSPS) is 11.0. The summed E-state index contributed by atoms with van der Waals surface area (Å²) in [7, 11) is 0. The number of benzene rings is 4. The van der Waals surface area contributed by atoms with Gasteiger partial charge in [-0.3, -0.25) is 4.79 Å². The summed E-state index contributed by atoms with van der Waals surface area (Å²) in [5.74, 6) is -1.77. The Morgan fingerprint density at radius 3 is 2.44 bits per heavy atom. The SMILES string of the molecule is O=C(N/N=C\c1c(OC(=O)c2ccc(Cl)cc2Cl)ccc2ccccc12)c1ccc(O)cc1O. The van der Waals surface area contributed by atoms with Crippen molar-refractivity contribution in [1.29, 1.82) is 0 Å². The molecule has 0 unspecified atom stereocenters. The fourth-order valence-electron chi connectivity index (χ4n) is 3.24. The molecule has 0 aliphatic heterocycles. The zero-order valence-electron chi connectivity index (χ0n) is 17.3. The van der Waals surface area contributed by atoms with E-state index in [4.69, 9.17) is 27.9 Å². The number of rotatable bonds is 5. The zero-order chi connectivity index (χ0) is 24.2. The monoisotopic (exact) mass is 494 g/mol. The van der Waals surface area contributed by atoms with Crippen molar-refractivity contribution in [3.63, 3.8) is 0 Å². The van der Waals surface area contributed by atoms with E-state index >= 15 is 0 Å². The van der Waals surface area contributed by atoms with Crippen LogP contribution in [0.5, 0.6) is 17.2 Å². The molecule has 0 aromatic heterocycles. The lowest BCUT2D eigenvalue weighted by atomic mass is 10.0. The number of fused-ring (bicyclic) bond motifs is 1. The van der Waals surface area contributed by atoms with Gasteiger partial charge in [-0.1, -0.05) is 53.5 Å². The minimum absolute atomic E-state index is 0.0723. The predicted octanol–water partition coefficient (Wildman–Crippen LogP) is 5.54. The molecule has 4 rings (SSSR count). The molecule has 9 heteroatoms. The van der Waals surface area contributed by atoms with Gasteiger partial charge in [0.05, 0.1) is 22.4 Å². The van der Waals surface area contributed by atoms with Crippen LogP contribution in [0.25, 0.3) is 10.8 Å². The van der Waals surface area contributed by atoms with Crippen LogP contribution in [-0.4, -0.2) is 28.3 Å². The molecule has 0 atom stereocenters. The van der Waals surface area contributed by atoms with E-state index in [1.807, 2.05) is 24.3 Å². The third-order valence-electron chi connectivity index (χ3n) is 4.87. The Balaban J connectivity index is 1.64. The maximum Gasteiger partial charge on any atom is 0.345 e. The molecule has 0 spiro atoms. The number of nitrogens with zero attached hydrogens (tertiary/aromatic N) is 1. The third-order valence-corrected chi connectivity index (χ3v) is 5.42. The van der Waals surface area contributed by atoms with Crippen LogP contribution in [0.1, 0.15) is 26.3 Å². The van der Waals surface area contributed by atoms with E-state index in [-0.39, 0.29) is 27.6 Å². The Morgan fingerprint density at radius 2 is 1.68 bits per heavy atom. The summed E-state index contributed by atoms with van der Waals surface area (Å²) in [6, 6.07) is 18.8. The van der Waals surface area contributed by atoms with Crippen molar-refractivity contribution in [2.24, 2.45) is 5.10 Å².